The van der Waals surface area contributed by atoms with Gasteiger partial charge in [0.2, 0.25) is 0 Å². The number of carbonyl (C=O) groups is 3. The summed E-state index contributed by atoms with van der Waals surface area (Å²) in [5.74, 6) is -0.994. The molecular formula is C28H25N3O3S. The third kappa shape index (κ3) is 2.79. The molecule has 4 heterocycles. The summed E-state index contributed by atoms with van der Waals surface area (Å²) >= 11 is 1.57. The maximum atomic E-state index is 12.8. The maximum Gasteiger partial charge on any atom is 0.333 e. The summed E-state index contributed by atoms with van der Waals surface area (Å²) in [6, 6.07) is 16.5. The molecule has 3 aliphatic heterocycles. The number of rotatable bonds is 1. The van der Waals surface area contributed by atoms with Gasteiger partial charge in [0.25, 0.3) is 11.8 Å². The van der Waals surface area contributed by atoms with Crippen LogP contribution >= 0.6 is 11.3 Å². The van der Waals surface area contributed by atoms with Gasteiger partial charge in [-0.1, -0.05) is 57.2 Å². The number of hydrogen-bond donors (Lipinski definition) is 0. The van der Waals surface area contributed by atoms with E-state index in [9.17, 15) is 14.4 Å². The summed E-state index contributed by atoms with van der Waals surface area (Å²) in [6.45, 7) is 6.76. The highest BCUT2D eigenvalue weighted by Crippen LogP contribution is 2.60. The van der Waals surface area contributed by atoms with Crippen molar-refractivity contribution in [1.29, 1.82) is 0 Å². The summed E-state index contributed by atoms with van der Waals surface area (Å²) in [4.78, 5) is 42.8. The molecule has 1 saturated heterocycles. The second-order valence-electron chi connectivity index (χ2n) is 9.92. The molecule has 4 amide bonds. The van der Waals surface area contributed by atoms with E-state index in [0.717, 1.165) is 30.9 Å². The molecule has 6 rings (SSSR count). The van der Waals surface area contributed by atoms with Gasteiger partial charge in [-0.3, -0.25) is 19.4 Å². The number of barbiturate groups is 1. The second kappa shape index (κ2) is 7.15. The predicted octanol–water partition coefficient (Wildman–Crippen LogP) is 5.76. The van der Waals surface area contributed by atoms with E-state index in [-0.39, 0.29) is 16.9 Å². The summed E-state index contributed by atoms with van der Waals surface area (Å²) in [5, 5.41) is 1.10. The van der Waals surface area contributed by atoms with Crippen LogP contribution in [0.3, 0.4) is 0 Å². The summed E-state index contributed by atoms with van der Waals surface area (Å²) in [5.41, 5.74) is 7.23. The Labute approximate surface area is 208 Å². The van der Waals surface area contributed by atoms with Crippen molar-refractivity contribution in [2.75, 3.05) is 19.0 Å². The van der Waals surface area contributed by atoms with E-state index < -0.39 is 17.8 Å². The fourth-order valence-electron chi connectivity index (χ4n) is 5.59. The van der Waals surface area contributed by atoms with Crippen LogP contribution in [0.4, 0.5) is 21.2 Å². The summed E-state index contributed by atoms with van der Waals surface area (Å²) in [7, 11) is 2.79. The average Bonchev–Trinajstić information content (AvgIpc) is 3.28. The average molecular weight is 484 g/mol. The van der Waals surface area contributed by atoms with Crippen molar-refractivity contribution >= 4 is 51.6 Å². The molecule has 2 aromatic carbocycles. The first-order valence-corrected chi connectivity index (χ1v) is 12.4. The van der Waals surface area contributed by atoms with Gasteiger partial charge in [-0.05, 0) is 40.5 Å². The zero-order chi connectivity index (χ0) is 24.8. The molecule has 6 nitrogen and oxygen atoms in total. The third-order valence-electron chi connectivity index (χ3n) is 7.61. The van der Waals surface area contributed by atoms with Crippen molar-refractivity contribution in [1.82, 2.24) is 9.80 Å². The number of hydrogen-bond acceptors (Lipinski definition) is 5. The molecule has 1 atom stereocenters. The number of imide groups is 2. The normalized spacial score (nSPS) is 20.0. The molecule has 3 aromatic rings. The van der Waals surface area contributed by atoms with Gasteiger partial charge < -0.3 is 4.90 Å². The predicted molar refractivity (Wildman–Crippen MR) is 138 cm³/mol. The molecule has 0 aliphatic carbocycles. The Morgan fingerprint density at radius 2 is 1.54 bits per heavy atom. The zero-order valence-corrected chi connectivity index (χ0v) is 21.1. The van der Waals surface area contributed by atoms with Crippen LogP contribution in [0.25, 0.3) is 6.08 Å². The molecule has 0 radical (unpaired) electrons. The fraction of sp³-hybridized carbons (Fsp3) is 0.250. The van der Waals surface area contributed by atoms with E-state index in [1.807, 2.05) is 0 Å². The Bertz CT molecular complexity index is 1470. The van der Waals surface area contributed by atoms with E-state index in [0.29, 0.717) is 0 Å². The summed E-state index contributed by atoms with van der Waals surface area (Å²) < 4.78 is 0. The number of thiophene rings is 1. The van der Waals surface area contributed by atoms with Gasteiger partial charge in [-0.2, -0.15) is 0 Å². The molecule has 3 aliphatic rings. The Balaban J connectivity index is 1.55. The number of likely N-dealkylation sites (N-methyl/N-ethyl adjacent to an activating group) is 2. The van der Waals surface area contributed by atoms with Gasteiger partial charge in [-0.15, -0.1) is 11.3 Å². The van der Waals surface area contributed by atoms with Crippen molar-refractivity contribution in [2.24, 2.45) is 0 Å². The fourth-order valence-corrected chi connectivity index (χ4v) is 6.81. The van der Waals surface area contributed by atoms with Crippen molar-refractivity contribution in [3.05, 3.63) is 81.2 Å². The molecular weight excluding hydrogens is 458 g/mol. The number of amides is 4. The first kappa shape index (κ1) is 21.8. The standard InChI is InChI=1S/C28H25N3O3S/c1-15-17-9-8-11-21-23(17)31(22-12-7-6-10-20(22)28(21,2)3)26-18(15)13-16(35-26)14-19-24(32)29(4)27(34)30(5)25(19)33/h6-15H,1-5H3. The quantitative estimate of drug-likeness (QED) is 0.326. The maximum absolute atomic E-state index is 12.8. The van der Waals surface area contributed by atoms with E-state index in [4.69, 9.17) is 0 Å². The van der Waals surface area contributed by atoms with E-state index in [1.165, 1.54) is 36.5 Å². The van der Waals surface area contributed by atoms with Gasteiger partial charge in [0.05, 0.1) is 11.4 Å². The van der Waals surface area contributed by atoms with Crippen LogP contribution in [-0.4, -0.2) is 41.7 Å². The largest absolute Gasteiger partial charge is 0.333 e. The van der Waals surface area contributed by atoms with E-state index in [2.05, 4.69) is 74.2 Å². The smallest absolute Gasteiger partial charge is 0.301 e. The monoisotopic (exact) mass is 483 g/mol. The number of benzene rings is 2. The highest BCUT2D eigenvalue weighted by atomic mass is 32.1. The second-order valence-corrected chi connectivity index (χ2v) is 11.0. The molecule has 7 heteroatoms. The molecule has 1 unspecified atom stereocenters. The third-order valence-corrected chi connectivity index (χ3v) is 8.69. The lowest BCUT2D eigenvalue weighted by Gasteiger charge is -2.45. The zero-order valence-electron chi connectivity index (χ0n) is 20.2. The molecule has 0 saturated carbocycles. The van der Waals surface area contributed by atoms with E-state index >= 15 is 0 Å². The first-order chi connectivity index (χ1) is 16.6. The lowest BCUT2D eigenvalue weighted by atomic mass is 9.71. The van der Waals surface area contributed by atoms with Gasteiger partial charge >= 0.3 is 6.03 Å². The summed E-state index contributed by atoms with van der Waals surface area (Å²) in [6.07, 6.45) is 1.63. The van der Waals surface area contributed by atoms with Crippen molar-refractivity contribution < 1.29 is 14.4 Å². The minimum atomic E-state index is -0.619. The van der Waals surface area contributed by atoms with Crippen molar-refractivity contribution in [3.63, 3.8) is 0 Å². The lowest BCUT2D eigenvalue weighted by molar-refractivity contribution is -0.134. The Morgan fingerprint density at radius 1 is 0.886 bits per heavy atom. The van der Waals surface area contributed by atoms with Crippen LogP contribution in [0, 0.1) is 0 Å². The molecule has 0 bridgehead atoms. The number of fused-ring (bicyclic) bond motifs is 4. The van der Waals surface area contributed by atoms with Crippen molar-refractivity contribution in [2.45, 2.75) is 32.1 Å². The number of urea groups is 1. The van der Waals surface area contributed by atoms with Crippen LogP contribution in [0.5, 0.6) is 0 Å². The van der Waals surface area contributed by atoms with Gasteiger partial charge in [0.1, 0.15) is 10.6 Å². The Kier molecular flexibility index (Phi) is 4.45. The molecule has 1 fully saturated rings. The minimum Gasteiger partial charge on any atom is -0.301 e. The van der Waals surface area contributed by atoms with Crippen molar-refractivity contribution in [3.8, 4) is 0 Å². The number of carbonyl (C=O) groups excluding carboxylic acids is 3. The van der Waals surface area contributed by atoms with Crippen LogP contribution < -0.4 is 4.90 Å². The van der Waals surface area contributed by atoms with Gasteiger partial charge in [0, 0.05) is 30.3 Å². The number of anilines is 3. The molecule has 35 heavy (non-hydrogen) atoms. The first-order valence-electron chi connectivity index (χ1n) is 11.6. The highest BCUT2D eigenvalue weighted by molar-refractivity contribution is 7.17. The van der Waals surface area contributed by atoms with Crippen LogP contribution in [-0.2, 0) is 15.0 Å². The topological polar surface area (TPSA) is 60.9 Å². The molecule has 0 spiro atoms. The molecule has 1 aromatic heterocycles. The molecule has 176 valence electrons. The number of para-hydroxylation sites is 2. The van der Waals surface area contributed by atoms with E-state index in [1.54, 1.807) is 17.4 Å². The van der Waals surface area contributed by atoms with Gasteiger partial charge in [-0.25, -0.2) is 4.79 Å². The van der Waals surface area contributed by atoms with Gasteiger partial charge in [0.15, 0.2) is 0 Å². The lowest BCUT2D eigenvalue weighted by Crippen LogP contribution is -2.52. The highest BCUT2D eigenvalue weighted by Gasteiger charge is 2.43. The van der Waals surface area contributed by atoms with Crippen LogP contribution in [0.15, 0.2) is 54.1 Å². The van der Waals surface area contributed by atoms with Crippen LogP contribution in [0.2, 0.25) is 0 Å². The van der Waals surface area contributed by atoms with Crippen LogP contribution in [0.1, 0.15) is 53.8 Å². The molecule has 0 N–H and O–H groups in total. The Morgan fingerprint density at radius 3 is 2.26 bits per heavy atom. The Hall–Kier alpha value is -3.71. The number of nitrogens with zero attached hydrogens (tertiary/aromatic N) is 3. The SMILES string of the molecule is CC1c2cc(C=C3C(=O)N(C)C(=O)N(C)C3=O)sc2N2c3ccccc3C(C)(C)c3cccc1c32. The minimum absolute atomic E-state index is 0.000712.